The van der Waals surface area contributed by atoms with Crippen LogP contribution >= 0.6 is 0 Å². The second-order valence-electron chi connectivity index (χ2n) is 5.39. The van der Waals surface area contributed by atoms with Gasteiger partial charge in [-0.15, -0.1) is 0 Å². The van der Waals surface area contributed by atoms with E-state index in [1.54, 1.807) is 0 Å². The molecule has 0 bridgehead atoms. The summed E-state index contributed by atoms with van der Waals surface area (Å²) in [6.45, 7) is 14.3. The number of hydrogen-bond acceptors (Lipinski definition) is 1. The summed E-state index contributed by atoms with van der Waals surface area (Å²) >= 11 is 0. The lowest BCUT2D eigenvalue weighted by atomic mass is 9.77. The Balaban J connectivity index is 2.59. The number of likely N-dealkylation sites (tertiary alicyclic amines) is 1. The van der Waals surface area contributed by atoms with Gasteiger partial charge in [-0.3, -0.25) is 4.90 Å². The van der Waals surface area contributed by atoms with Crippen LogP contribution < -0.4 is 0 Å². The normalized spacial score (nSPS) is 29.5. The molecule has 0 aromatic carbocycles. The molecule has 0 spiro atoms. The zero-order valence-electron chi connectivity index (χ0n) is 9.93. The molecule has 1 heteroatoms. The lowest BCUT2D eigenvalue weighted by Crippen LogP contribution is -2.50. The summed E-state index contributed by atoms with van der Waals surface area (Å²) in [5, 5.41) is 0. The van der Waals surface area contributed by atoms with Gasteiger partial charge in [-0.25, -0.2) is 0 Å². The SMILES string of the molecule is CCN1CCC(C(C)C)CC1(C)C. The van der Waals surface area contributed by atoms with E-state index in [0.29, 0.717) is 5.54 Å². The third-order valence-corrected chi connectivity index (χ3v) is 3.71. The van der Waals surface area contributed by atoms with Gasteiger partial charge >= 0.3 is 0 Å². The zero-order chi connectivity index (χ0) is 10.1. The van der Waals surface area contributed by atoms with Gasteiger partial charge in [0, 0.05) is 5.54 Å². The van der Waals surface area contributed by atoms with E-state index < -0.39 is 0 Å². The number of hydrogen-bond donors (Lipinski definition) is 0. The number of nitrogens with zero attached hydrogens (tertiary/aromatic N) is 1. The molecule has 1 aliphatic heterocycles. The first-order valence-electron chi connectivity index (χ1n) is 5.72. The van der Waals surface area contributed by atoms with Crippen molar-refractivity contribution in [3.05, 3.63) is 0 Å². The fraction of sp³-hybridized carbons (Fsp3) is 1.00. The third kappa shape index (κ3) is 2.46. The summed E-state index contributed by atoms with van der Waals surface area (Å²) in [5.41, 5.74) is 0.432. The Labute approximate surface area is 83.5 Å². The van der Waals surface area contributed by atoms with E-state index in [0.717, 1.165) is 11.8 Å². The van der Waals surface area contributed by atoms with Crippen LogP contribution in [0.2, 0.25) is 0 Å². The van der Waals surface area contributed by atoms with Gasteiger partial charge < -0.3 is 0 Å². The first-order chi connectivity index (χ1) is 5.97. The summed E-state index contributed by atoms with van der Waals surface area (Å²) in [4.78, 5) is 2.62. The molecule has 1 heterocycles. The summed E-state index contributed by atoms with van der Waals surface area (Å²) in [5.74, 6) is 1.80. The van der Waals surface area contributed by atoms with Gasteiger partial charge in [-0.1, -0.05) is 20.8 Å². The van der Waals surface area contributed by atoms with E-state index in [4.69, 9.17) is 0 Å². The first-order valence-corrected chi connectivity index (χ1v) is 5.72. The van der Waals surface area contributed by atoms with Crippen LogP contribution in [0.3, 0.4) is 0 Å². The second-order valence-corrected chi connectivity index (χ2v) is 5.39. The minimum Gasteiger partial charge on any atom is -0.298 e. The highest BCUT2D eigenvalue weighted by atomic mass is 15.2. The Bertz CT molecular complexity index is 161. The molecular formula is C12H25N. The predicted molar refractivity (Wildman–Crippen MR) is 58.9 cm³/mol. The molecule has 1 saturated heterocycles. The van der Waals surface area contributed by atoms with E-state index in [-0.39, 0.29) is 0 Å². The summed E-state index contributed by atoms with van der Waals surface area (Å²) < 4.78 is 0. The fourth-order valence-electron chi connectivity index (χ4n) is 2.65. The van der Waals surface area contributed by atoms with Crippen molar-refractivity contribution in [2.75, 3.05) is 13.1 Å². The van der Waals surface area contributed by atoms with Crippen LogP contribution in [-0.4, -0.2) is 23.5 Å². The van der Waals surface area contributed by atoms with Gasteiger partial charge in [0.15, 0.2) is 0 Å². The van der Waals surface area contributed by atoms with Crippen LogP contribution in [0.15, 0.2) is 0 Å². The minimum absolute atomic E-state index is 0.432. The van der Waals surface area contributed by atoms with Crippen LogP contribution in [0.4, 0.5) is 0 Å². The van der Waals surface area contributed by atoms with E-state index in [9.17, 15) is 0 Å². The van der Waals surface area contributed by atoms with Crippen LogP contribution in [0, 0.1) is 11.8 Å². The zero-order valence-corrected chi connectivity index (χ0v) is 9.93. The standard InChI is InChI=1S/C12H25N/c1-6-13-8-7-11(10(2)3)9-12(13,4)5/h10-11H,6-9H2,1-5H3. The minimum atomic E-state index is 0.432. The highest BCUT2D eigenvalue weighted by Gasteiger charge is 2.34. The molecule has 0 saturated carbocycles. The average molecular weight is 183 g/mol. The van der Waals surface area contributed by atoms with Crippen LogP contribution in [-0.2, 0) is 0 Å². The van der Waals surface area contributed by atoms with Gasteiger partial charge in [0.2, 0.25) is 0 Å². The van der Waals surface area contributed by atoms with Crippen molar-refractivity contribution in [3.63, 3.8) is 0 Å². The van der Waals surface area contributed by atoms with Gasteiger partial charge in [0.25, 0.3) is 0 Å². The maximum absolute atomic E-state index is 2.62. The molecule has 0 aliphatic carbocycles. The van der Waals surface area contributed by atoms with Crippen molar-refractivity contribution < 1.29 is 0 Å². The molecule has 0 radical (unpaired) electrons. The Kier molecular flexibility index (Phi) is 3.39. The molecule has 0 amide bonds. The van der Waals surface area contributed by atoms with Crippen LogP contribution in [0.25, 0.3) is 0 Å². The van der Waals surface area contributed by atoms with Crippen molar-refractivity contribution in [1.82, 2.24) is 4.90 Å². The maximum Gasteiger partial charge on any atom is 0.0155 e. The van der Waals surface area contributed by atoms with Gasteiger partial charge in [0.05, 0.1) is 0 Å². The van der Waals surface area contributed by atoms with Crippen molar-refractivity contribution in [2.24, 2.45) is 11.8 Å². The van der Waals surface area contributed by atoms with Crippen molar-refractivity contribution in [1.29, 1.82) is 0 Å². The molecule has 1 unspecified atom stereocenters. The Morgan fingerprint density at radius 2 is 2.00 bits per heavy atom. The third-order valence-electron chi connectivity index (χ3n) is 3.71. The monoisotopic (exact) mass is 183 g/mol. The molecule has 0 aromatic rings. The van der Waals surface area contributed by atoms with E-state index in [1.165, 1.54) is 25.9 Å². The van der Waals surface area contributed by atoms with Gasteiger partial charge in [-0.2, -0.15) is 0 Å². The largest absolute Gasteiger partial charge is 0.298 e. The summed E-state index contributed by atoms with van der Waals surface area (Å²) in [7, 11) is 0. The maximum atomic E-state index is 2.62. The average Bonchev–Trinajstić information content (AvgIpc) is 2.02. The number of rotatable bonds is 2. The quantitative estimate of drug-likeness (QED) is 0.635. The molecule has 13 heavy (non-hydrogen) atoms. The molecule has 1 rings (SSSR count). The van der Waals surface area contributed by atoms with Crippen molar-refractivity contribution in [3.8, 4) is 0 Å². The van der Waals surface area contributed by atoms with Crippen molar-refractivity contribution in [2.45, 2.75) is 53.0 Å². The molecule has 1 fully saturated rings. The Morgan fingerprint density at radius 3 is 2.38 bits per heavy atom. The lowest BCUT2D eigenvalue weighted by molar-refractivity contribution is 0.0376. The fourth-order valence-corrected chi connectivity index (χ4v) is 2.65. The lowest BCUT2D eigenvalue weighted by Gasteiger charge is -2.46. The van der Waals surface area contributed by atoms with E-state index in [2.05, 4.69) is 39.5 Å². The molecule has 1 aliphatic rings. The summed E-state index contributed by atoms with van der Waals surface area (Å²) in [6.07, 6.45) is 2.77. The number of piperidine rings is 1. The molecule has 1 nitrogen and oxygen atoms in total. The second kappa shape index (κ2) is 4.00. The molecular weight excluding hydrogens is 158 g/mol. The Morgan fingerprint density at radius 1 is 1.38 bits per heavy atom. The van der Waals surface area contributed by atoms with Crippen LogP contribution in [0.1, 0.15) is 47.5 Å². The molecule has 0 aromatic heterocycles. The smallest absolute Gasteiger partial charge is 0.0155 e. The van der Waals surface area contributed by atoms with Crippen LogP contribution in [0.5, 0.6) is 0 Å². The van der Waals surface area contributed by atoms with E-state index in [1.807, 2.05) is 0 Å². The summed E-state index contributed by atoms with van der Waals surface area (Å²) in [6, 6.07) is 0. The predicted octanol–water partition coefficient (Wildman–Crippen LogP) is 3.15. The molecule has 1 atom stereocenters. The molecule has 0 N–H and O–H groups in total. The Hall–Kier alpha value is -0.0400. The van der Waals surface area contributed by atoms with E-state index >= 15 is 0 Å². The highest BCUT2D eigenvalue weighted by Crippen LogP contribution is 2.34. The topological polar surface area (TPSA) is 3.24 Å². The van der Waals surface area contributed by atoms with Crippen molar-refractivity contribution >= 4 is 0 Å². The first kappa shape index (κ1) is 11.0. The van der Waals surface area contributed by atoms with Gasteiger partial charge in [0.1, 0.15) is 0 Å². The van der Waals surface area contributed by atoms with Gasteiger partial charge in [-0.05, 0) is 51.6 Å². The molecule has 78 valence electrons. The highest BCUT2D eigenvalue weighted by molar-refractivity contribution is 4.89.